The van der Waals surface area contributed by atoms with Gasteiger partial charge < -0.3 is 15.2 Å². The topological polar surface area (TPSA) is 68.4 Å². The van der Waals surface area contributed by atoms with E-state index in [0.717, 1.165) is 16.6 Å². The van der Waals surface area contributed by atoms with Gasteiger partial charge in [-0.1, -0.05) is 64.1 Å². The highest BCUT2D eigenvalue weighted by atomic mass is 16.2. The van der Waals surface area contributed by atoms with E-state index in [1.807, 2.05) is 35.2 Å². The highest BCUT2D eigenvalue weighted by Gasteiger charge is 2.25. The molecule has 0 bridgehead atoms. The minimum absolute atomic E-state index is 0.000365. The van der Waals surface area contributed by atoms with Gasteiger partial charge in [0.25, 0.3) is 5.91 Å². The van der Waals surface area contributed by atoms with Crippen LogP contribution in [-0.4, -0.2) is 59.3 Å². The fourth-order valence-corrected chi connectivity index (χ4v) is 4.55. The third-order valence-electron chi connectivity index (χ3n) is 6.42. The number of carbonyl (C=O) groups excluding carboxylic acids is 2. The average molecular weight is 447 g/mol. The molecule has 2 amide bonds. The molecule has 0 aliphatic carbocycles. The molecule has 33 heavy (non-hydrogen) atoms. The first-order valence-corrected chi connectivity index (χ1v) is 11.9. The van der Waals surface area contributed by atoms with E-state index in [0.29, 0.717) is 50.3 Å². The van der Waals surface area contributed by atoms with Crippen molar-refractivity contribution < 1.29 is 9.59 Å². The molecule has 1 aliphatic heterocycles. The predicted octanol–water partition coefficient (Wildman–Crippen LogP) is 4.81. The number of para-hydroxylation sites is 2. The van der Waals surface area contributed by atoms with Crippen LogP contribution in [0.5, 0.6) is 0 Å². The zero-order valence-electron chi connectivity index (χ0n) is 20.0. The molecule has 2 aromatic carbocycles. The van der Waals surface area contributed by atoms with Gasteiger partial charge in [0.1, 0.15) is 5.69 Å². The Morgan fingerprint density at radius 2 is 1.55 bits per heavy atom. The number of anilines is 1. The highest BCUT2D eigenvalue weighted by Crippen LogP contribution is 2.32. The van der Waals surface area contributed by atoms with E-state index in [1.165, 1.54) is 11.1 Å². The summed E-state index contributed by atoms with van der Waals surface area (Å²) in [6, 6.07) is 16.1. The number of carbonyl (C=O) groups is 2. The highest BCUT2D eigenvalue weighted by molar-refractivity contribution is 5.98. The lowest BCUT2D eigenvalue weighted by atomic mass is 9.92. The number of benzene rings is 2. The number of aromatic amines is 1. The Hall–Kier alpha value is -3.12. The Balaban J connectivity index is 1.36. The molecule has 2 N–H and O–H groups in total. The van der Waals surface area contributed by atoms with Crippen LogP contribution in [0.15, 0.2) is 48.5 Å². The van der Waals surface area contributed by atoms with Gasteiger partial charge in [0.2, 0.25) is 5.91 Å². The lowest BCUT2D eigenvalue weighted by Gasteiger charge is -2.34. The van der Waals surface area contributed by atoms with Crippen molar-refractivity contribution in [1.82, 2.24) is 14.8 Å². The van der Waals surface area contributed by atoms with Crippen LogP contribution in [0.2, 0.25) is 0 Å². The van der Waals surface area contributed by atoms with Gasteiger partial charge in [-0.25, -0.2) is 0 Å². The van der Waals surface area contributed by atoms with Crippen molar-refractivity contribution in [3.63, 3.8) is 0 Å². The van der Waals surface area contributed by atoms with Gasteiger partial charge in [-0.2, -0.15) is 0 Å². The normalized spacial score (nSPS) is 14.9. The smallest absolute Gasteiger partial charge is 0.270 e. The van der Waals surface area contributed by atoms with E-state index in [1.54, 1.807) is 0 Å². The molecular formula is C27H34N4O2. The van der Waals surface area contributed by atoms with Gasteiger partial charge in [-0.3, -0.25) is 14.5 Å². The summed E-state index contributed by atoms with van der Waals surface area (Å²) in [5.41, 5.74) is 4.89. The summed E-state index contributed by atoms with van der Waals surface area (Å²) in [5.74, 6) is 0.680. The van der Waals surface area contributed by atoms with Crippen LogP contribution in [0.3, 0.4) is 0 Å². The Labute approximate surface area is 196 Å². The number of H-pyrrole nitrogens is 1. The molecule has 4 rings (SSSR count). The van der Waals surface area contributed by atoms with Crippen molar-refractivity contribution in [3.05, 3.63) is 65.4 Å². The molecule has 0 atom stereocenters. The van der Waals surface area contributed by atoms with E-state index in [9.17, 15) is 9.59 Å². The lowest BCUT2D eigenvalue weighted by Crippen LogP contribution is -2.50. The van der Waals surface area contributed by atoms with Crippen molar-refractivity contribution in [2.75, 3.05) is 38.0 Å². The van der Waals surface area contributed by atoms with Gasteiger partial charge in [0.15, 0.2) is 0 Å². The molecule has 0 saturated carbocycles. The average Bonchev–Trinajstić information content (AvgIpc) is 3.23. The van der Waals surface area contributed by atoms with Gasteiger partial charge in [0.05, 0.1) is 6.54 Å². The molecule has 6 heteroatoms. The number of hydrogen-bond acceptors (Lipinski definition) is 3. The van der Waals surface area contributed by atoms with E-state index >= 15 is 0 Å². The SMILES string of the molecule is CC(C)c1cccc(C(C)C)c1NC(=O)CN1CCN(C(=O)c2cc3ccccc3[nH]2)CC1. The molecule has 1 fully saturated rings. The molecule has 0 radical (unpaired) electrons. The fourth-order valence-electron chi connectivity index (χ4n) is 4.55. The number of aromatic nitrogens is 1. The van der Waals surface area contributed by atoms with Crippen molar-refractivity contribution in [1.29, 1.82) is 0 Å². The maximum Gasteiger partial charge on any atom is 0.270 e. The van der Waals surface area contributed by atoms with Gasteiger partial charge in [0, 0.05) is 42.8 Å². The quantitative estimate of drug-likeness (QED) is 0.571. The van der Waals surface area contributed by atoms with Crippen molar-refractivity contribution in [2.45, 2.75) is 39.5 Å². The number of fused-ring (bicyclic) bond motifs is 1. The third kappa shape index (κ3) is 5.11. The molecule has 174 valence electrons. The first kappa shape index (κ1) is 23.1. The van der Waals surface area contributed by atoms with Crippen LogP contribution in [0, 0.1) is 0 Å². The zero-order chi connectivity index (χ0) is 23.5. The molecule has 6 nitrogen and oxygen atoms in total. The number of rotatable bonds is 6. The molecular weight excluding hydrogens is 412 g/mol. The Kier molecular flexibility index (Phi) is 6.84. The predicted molar refractivity (Wildman–Crippen MR) is 134 cm³/mol. The molecule has 3 aromatic rings. The fraction of sp³-hybridized carbons (Fsp3) is 0.407. The summed E-state index contributed by atoms with van der Waals surface area (Å²) >= 11 is 0. The summed E-state index contributed by atoms with van der Waals surface area (Å²) in [4.78, 5) is 33.1. The molecule has 0 spiro atoms. The summed E-state index contributed by atoms with van der Waals surface area (Å²) in [6.07, 6.45) is 0. The maximum absolute atomic E-state index is 12.9. The van der Waals surface area contributed by atoms with Gasteiger partial charge in [-0.15, -0.1) is 0 Å². The van der Waals surface area contributed by atoms with Crippen LogP contribution in [0.4, 0.5) is 5.69 Å². The zero-order valence-corrected chi connectivity index (χ0v) is 20.0. The minimum atomic E-state index is 0.000365. The number of piperazine rings is 1. The third-order valence-corrected chi connectivity index (χ3v) is 6.42. The van der Waals surface area contributed by atoms with Gasteiger partial charge >= 0.3 is 0 Å². The van der Waals surface area contributed by atoms with E-state index in [-0.39, 0.29) is 11.8 Å². The number of hydrogen-bond donors (Lipinski definition) is 2. The van der Waals surface area contributed by atoms with Crippen molar-refractivity contribution in [3.8, 4) is 0 Å². The van der Waals surface area contributed by atoms with Gasteiger partial charge in [-0.05, 0) is 35.1 Å². The second-order valence-corrected chi connectivity index (χ2v) is 9.51. The molecule has 2 heterocycles. The van der Waals surface area contributed by atoms with Crippen molar-refractivity contribution in [2.24, 2.45) is 0 Å². The second-order valence-electron chi connectivity index (χ2n) is 9.51. The Morgan fingerprint density at radius 1 is 0.909 bits per heavy atom. The Bertz CT molecular complexity index is 1080. The van der Waals surface area contributed by atoms with Crippen LogP contribution >= 0.6 is 0 Å². The number of nitrogens with zero attached hydrogens (tertiary/aromatic N) is 2. The minimum Gasteiger partial charge on any atom is -0.351 e. The molecule has 1 aliphatic rings. The lowest BCUT2D eigenvalue weighted by molar-refractivity contribution is -0.117. The monoisotopic (exact) mass is 446 g/mol. The van der Waals surface area contributed by atoms with Crippen LogP contribution in [-0.2, 0) is 4.79 Å². The van der Waals surface area contributed by atoms with E-state index < -0.39 is 0 Å². The van der Waals surface area contributed by atoms with Crippen LogP contribution in [0.1, 0.15) is 61.1 Å². The Morgan fingerprint density at radius 3 is 2.15 bits per heavy atom. The second kappa shape index (κ2) is 9.79. The summed E-state index contributed by atoms with van der Waals surface area (Å²) < 4.78 is 0. The first-order valence-electron chi connectivity index (χ1n) is 11.9. The maximum atomic E-state index is 12.9. The van der Waals surface area contributed by atoms with E-state index in [2.05, 4.69) is 61.1 Å². The van der Waals surface area contributed by atoms with Crippen LogP contribution < -0.4 is 5.32 Å². The molecule has 0 unspecified atom stereocenters. The molecule has 1 saturated heterocycles. The van der Waals surface area contributed by atoms with Crippen molar-refractivity contribution >= 4 is 28.4 Å². The molecule has 1 aromatic heterocycles. The standard InChI is InChI=1S/C27H34N4O2/c1-18(2)21-9-7-10-22(19(3)4)26(21)29-25(32)17-30-12-14-31(15-13-30)27(33)24-16-20-8-5-6-11-23(20)28-24/h5-11,16,18-19,28H,12-15,17H2,1-4H3,(H,29,32). The largest absolute Gasteiger partial charge is 0.351 e. The summed E-state index contributed by atoms with van der Waals surface area (Å²) in [5, 5.41) is 4.24. The first-order chi connectivity index (χ1) is 15.8. The van der Waals surface area contributed by atoms with E-state index in [4.69, 9.17) is 0 Å². The summed E-state index contributed by atoms with van der Waals surface area (Å²) in [7, 11) is 0. The number of amides is 2. The number of nitrogens with one attached hydrogen (secondary N) is 2. The van der Waals surface area contributed by atoms with Crippen LogP contribution in [0.25, 0.3) is 10.9 Å². The summed E-state index contributed by atoms with van der Waals surface area (Å²) in [6.45, 7) is 11.5.